The number of hydrogen-bond acceptors (Lipinski definition) is 3. The first kappa shape index (κ1) is 17.9. The third-order valence-corrected chi connectivity index (χ3v) is 4.19. The fourth-order valence-electron chi connectivity index (χ4n) is 2.64. The van der Waals surface area contributed by atoms with Crippen molar-refractivity contribution in [3.8, 4) is 5.75 Å². The highest BCUT2D eigenvalue weighted by Gasteiger charge is 2.12. The molecule has 2 aromatic carbocycles. The zero-order valence-corrected chi connectivity index (χ0v) is 14.7. The van der Waals surface area contributed by atoms with Crippen molar-refractivity contribution in [1.82, 2.24) is 10.2 Å². The van der Waals surface area contributed by atoms with Gasteiger partial charge in [-0.05, 0) is 55.2 Å². The van der Waals surface area contributed by atoms with Crippen LogP contribution in [0.2, 0.25) is 0 Å². The predicted molar refractivity (Wildman–Crippen MR) is 101 cm³/mol. The highest BCUT2D eigenvalue weighted by molar-refractivity contribution is 6.08. The lowest BCUT2D eigenvalue weighted by molar-refractivity contribution is 0.102. The first-order valence-electron chi connectivity index (χ1n) is 8.78. The Hall–Kier alpha value is -2.89. The Balaban J connectivity index is 1.73. The van der Waals surface area contributed by atoms with E-state index in [9.17, 15) is 9.18 Å². The molecule has 0 unspecified atom stereocenters. The summed E-state index contributed by atoms with van der Waals surface area (Å²) in [7, 11) is 0. The van der Waals surface area contributed by atoms with Gasteiger partial charge in [0.25, 0.3) is 5.91 Å². The van der Waals surface area contributed by atoms with Crippen LogP contribution in [0.25, 0.3) is 10.9 Å². The third kappa shape index (κ3) is 4.20. The number of nitrogens with zero attached hydrogens (tertiary/aromatic N) is 1. The number of benzene rings is 2. The molecule has 1 heterocycles. The molecule has 26 heavy (non-hydrogen) atoms. The van der Waals surface area contributed by atoms with Gasteiger partial charge in [0.1, 0.15) is 5.75 Å². The molecule has 3 aromatic rings. The monoisotopic (exact) mass is 355 g/mol. The molecule has 0 aliphatic carbocycles. The number of fused-ring (bicyclic) bond motifs is 1. The van der Waals surface area contributed by atoms with Gasteiger partial charge in [0, 0.05) is 10.9 Å². The van der Waals surface area contributed by atoms with Crippen LogP contribution in [-0.2, 0) is 6.42 Å². The van der Waals surface area contributed by atoms with Gasteiger partial charge in [-0.1, -0.05) is 19.1 Å². The second kappa shape index (κ2) is 8.47. The summed E-state index contributed by atoms with van der Waals surface area (Å²) in [5.74, 6) is 0.912. The van der Waals surface area contributed by atoms with E-state index in [0.717, 1.165) is 17.3 Å². The highest BCUT2D eigenvalue weighted by Crippen LogP contribution is 2.26. The second-order valence-electron chi connectivity index (χ2n) is 6.03. The van der Waals surface area contributed by atoms with Crippen molar-refractivity contribution in [3.63, 3.8) is 0 Å². The first-order chi connectivity index (χ1) is 12.7. The number of aryl methyl sites for hydroxylation is 1. The minimum atomic E-state index is -0.334. The lowest BCUT2D eigenvalue weighted by Crippen LogP contribution is -2.12. The summed E-state index contributed by atoms with van der Waals surface area (Å²) >= 11 is 0. The molecule has 1 amide bonds. The van der Waals surface area contributed by atoms with E-state index in [2.05, 4.69) is 22.4 Å². The largest absolute Gasteiger partial charge is 0.494 e. The van der Waals surface area contributed by atoms with Crippen LogP contribution in [0, 0.1) is 0 Å². The number of aromatic nitrogens is 2. The molecule has 0 aliphatic heterocycles. The van der Waals surface area contributed by atoms with Gasteiger partial charge in [-0.15, -0.1) is 0 Å². The molecule has 1 aromatic heterocycles. The van der Waals surface area contributed by atoms with Crippen LogP contribution in [-0.4, -0.2) is 29.4 Å². The maximum absolute atomic E-state index is 12.5. The Kier molecular flexibility index (Phi) is 5.84. The minimum absolute atomic E-state index is 0.213. The van der Waals surface area contributed by atoms with Gasteiger partial charge >= 0.3 is 0 Å². The molecule has 0 saturated heterocycles. The molecule has 5 nitrogen and oxygen atoms in total. The van der Waals surface area contributed by atoms with Crippen LogP contribution >= 0.6 is 0 Å². The zero-order valence-electron chi connectivity index (χ0n) is 14.7. The number of nitrogens with one attached hydrogen (secondary N) is 2. The zero-order chi connectivity index (χ0) is 18.4. The van der Waals surface area contributed by atoms with Crippen molar-refractivity contribution in [2.24, 2.45) is 0 Å². The Morgan fingerprint density at radius 3 is 2.73 bits per heavy atom. The van der Waals surface area contributed by atoms with Crippen LogP contribution in [0.3, 0.4) is 0 Å². The van der Waals surface area contributed by atoms with E-state index in [0.29, 0.717) is 36.6 Å². The maximum Gasteiger partial charge on any atom is 0.256 e. The normalized spacial score (nSPS) is 10.8. The van der Waals surface area contributed by atoms with Crippen molar-refractivity contribution >= 4 is 22.6 Å². The molecular formula is C20H22FN3O2. The Morgan fingerprint density at radius 1 is 1.19 bits per heavy atom. The van der Waals surface area contributed by atoms with Crippen LogP contribution in [0.5, 0.6) is 5.75 Å². The summed E-state index contributed by atoms with van der Waals surface area (Å²) in [5.41, 5.74) is 2.57. The molecule has 0 saturated carbocycles. The Morgan fingerprint density at radius 2 is 2.00 bits per heavy atom. The molecular weight excluding hydrogens is 333 g/mol. The topological polar surface area (TPSA) is 67.0 Å². The van der Waals surface area contributed by atoms with Gasteiger partial charge in [0.2, 0.25) is 0 Å². The first-order valence-corrected chi connectivity index (χ1v) is 8.78. The quantitative estimate of drug-likeness (QED) is 0.584. The number of rotatable bonds is 8. The van der Waals surface area contributed by atoms with Gasteiger partial charge in [-0.25, -0.2) is 0 Å². The minimum Gasteiger partial charge on any atom is -0.494 e. The lowest BCUT2D eigenvalue weighted by atomic mass is 10.1. The summed E-state index contributed by atoms with van der Waals surface area (Å²) in [6, 6.07) is 13.0. The van der Waals surface area contributed by atoms with Gasteiger partial charge < -0.3 is 10.1 Å². The second-order valence-corrected chi connectivity index (χ2v) is 6.03. The molecule has 0 atom stereocenters. The number of hydrogen-bond donors (Lipinski definition) is 2. The van der Waals surface area contributed by atoms with E-state index >= 15 is 0 Å². The summed E-state index contributed by atoms with van der Waals surface area (Å²) in [5, 5.41) is 10.7. The molecule has 136 valence electrons. The smallest absolute Gasteiger partial charge is 0.256 e. The summed E-state index contributed by atoms with van der Waals surface area (Å²) in [6.07, 6.45) is 2.09. The van der Waals surface area contributed by atoms with Gasteiger partial charge in [0.05, 0.1) is 18.8 Å². The average molecular weight is 355 g/mol. The standard InChI is InChI=1S/C20H22FN3O2/c1-2-14-5-7-15(8-6-14)20(25)22-19-17-13-16(26-12-4-3-11-21)9-10-18(17)23-24-19/h5-10,13H,2-4,11-12H2,1H3,(H2,22,23,24,25). The Bertz CT molecular complexity index is 874. The molecule has 3 rings (SSSR count). The van der Waals surface area contributed by atoms with Gasteiger partial charge in [0.15, 0.2) is 5.82 Å². The molecule has 0 spiro atoms. The molecule has 6 heteroatoms. The van der Waals surface area contributed by atoms with Crippen molar-refractivity contribution in [1.29, 1.82) is 0 Å². The third-order valence-electron chi connectivity index (χ3n) is 4.19. The fourth-order valence-corrected chi connectivity index (χ4v) is 2.64. The summed E-state index contributed by atoms with van der Waals surface area (Å²) in [4.78, 5) is 12.5. The molecule has 0 aliphatic rings. The van der Waals surface area contributed by atoms with E-state index in [-0.39, 0.29) is 12.6 Å². The SMILES string of the molecule is CCc1ccc(C(=O)Nc2n[nH]c3ccc(OCCCCF)cc23)cc1. The predicted octanol–water partition coefficient (Wildman–Crippen LogP) is 4.51. The van der Waals surface area contributed by atoms with Gasteiger partial charge in [-0.3, -0.25) is 14.3 Å². The number of aromatic amines is 1. The van der Waals surface area contributed by atoms with Crippen molar-refractivity contribution < 1.29 is 13.9 Å². The fraction of sp³-hybridized carbons (Fsp3) is 0.300. The lowest BCUT2D eigenvalue weighted by Gasteiger charge is -2.06. The maximum atomic E-state index is 12.5. The van der Waals surface area contributed by atoms with Gasteiger partial charge in [-0.2, -0.15) is 5.10 Å². The van der Waals surface area contributed by atoms with Crippen LogP contribution < -0.4 is 10.1 Å². The number of unbranched alkanes of at least 4 members (excludes halogenated alkanes) is 1. The number of anilines is 1. The number of halogens is 1. The molecule has 0 bridgehead atoms. The number of carbonyl (C=O) groups is 1. The van der Waals surface area contributed by atoms with E-state index in [1.807, 2.05) is 42.5 Å². The number of amides is 1. The molecule has 0 fully saturated rings. The Labute approximate surface area is 151 Å². The summed E-state index contributed by atoms with van der Waals surface area (Å²) < 4.78 is 17.8. The van der Waals surface area contributed by atoms with Crippen molar-refractivity contribution in [2.45, 2.75) is 26.2 Å². The van der Waals surface area contributed by atoms with E-state index in [1.54, 1.807) is 0 Å². The highest BCUT2D eigenvalue weighted by atomic mass is 19.1. The molecule has 2 N–H and O–H groups in total. The molecule has 0 radical (unpaired) electrons. The van der Waals surface area contributed by atoms with E-state index < -0.39 is 0 Å². The number of carbonyl (C=O) groups excluding carboxylic acids is 1. The average Bonchev–Trinajstić information content (AvgIpc) is 3.07. The van der Waals surface area contributed by atoms with Crippen LogP contribution in [0.1, 0.15) is 35.7 Å². The van der Waals surface area contributed by atoms with Crippen LogP contribution in [0.15, 0.2) is 42.5 Å². The van der Waals surface area contributed by atoms with Crippen molar-refractivity contribution in [2.75, 3.05) is 18.6 Å². The van der Waals surface area contributed by atoms with Crippen molar-refractivity contribution in [3.05, 3.63) is 53.6 Å². The van der Waals surface area contributed by atoms with E-state index in [1.165, 1.54) is 5.56 Å². The number of H-pyrrole nitrogens is 1. The summed E-state index contributed by atoms with van der Waals surface area (Å²) in [6.45, 7) is 2.19. The van der Waals surface area contributed by atoms with Crippen LogP contribution in [0.4, 0.5) is 10.2 Å². The number of alkyl halides is 1. The van der Waals surface area contributed by atoms with E-state index in [4.69, 9.17) is 4.74 Å². The number of ether oxygens (including phenoxy) is 1.